The third-order valence-corrected chi connectivity index (χ3v) is 2.24. The summed E-state index contributed by atoms with van der Waals surface area (Å²) in [6, 6.07) is 7.03. The lowest BCUT2D eigenvalue weighted by Gasteiger charge is -2.13. The normalized spacial score (nSPS) is 14.2. The molecule has 0 fully saturated rings. The molecule has 0 atom stereocenters. The first-order valence-electron chi connectivity index (χ1n) is 4.57. The first kappa shape index (κ1) is 12.4. The van der Waals surface area contributed by atoms with Crippen LogP contribution in [0.15, 0.2) is 36.4 Å². The number of nitrogens with two attached hydrogens (primary N) is 1. The number of benzene rings is 1. The second kappa shape index (κ2) is 4.92. The largest absolute Gasteiger partial charge is 0.326 e. The number of rotatable bonds is 2. The van der Waals surface area contributed by atoms with E-state index in [4.69, 9.17) is 5.73 Å². The lowest BCUT2D eigenvalue weighted by molar-refractivity contribution is -0.119. The van der Waals surface area contributed by atoms with Gasteiger partial charge in [0.1, 0.15) is 0 Å². The molecule has 0 unspecified atom stereocenters. The fourth-order valence-electron chi connectivity index (χ4n) is 1.44. The van der Waals surface area contributed by atoms with E-state index < -0.39 is 0 Å². The molecule has 1 aliphatic rings. The lowest BCUT2D eigenvalue weighted by Crippen LogP contribution is -2.29. The molecule has 0 aromatic heterocycles. The molecule has 16 heavy (non-hydrogen) atoms. The number of halogens is 1. The van der Waals surface area contributed by atoms with Crippen molar-refractivity contribution in [1.82, 2.24) is 0 Å². The number of imide groups is 1. The van der Waals surface area contributed by atoms with Gasteiger partial charge in [-0.3, -0.25) is 9.59 Å². The molecule has 2 amide bonds. The number of nitrogens with zero attached hydrogens (tertiary/aromatic N) is 1. The monoisotopic (exact) mass is 238 g/mol. The number of carbonyl (C=O) groups excluding carboxylic acids is 2. The van der Waals surface area contributed by atoms with E-state index in [0.29, 0.717) is 12.2 Å². The summed E-state index contributed by atoms with van der Waals surface area (Å²) in [6.07, 6.45) is 2.53. The van der Waals surface area contributed by atoms with E-state index in [1.807, 2.05) is 0 Å². The summed E-state index contributed by atoms with van der Waals surface area (Å²) in [7, 11) is 0. The highest BCUT2D eigenvalue weighted by atomic mass is 35.5. The molecular formula is C11H11ClN2O2. The molecule has 5 heteroatoms. The molecule has 0 radical (unpaired) electrons. The van der Waals surface area contributed by atoms with Gasteiger partial charge in [-0.05, 0) is 17.7 Å². The van der Waals surface area contributed by atoms with E-state index in [1.165, 1.54) is 12.2 Å². The number of anilines is 1. The fraction of sp³-hybridized carbons (Fsp3) is 0.0909. The first-order valence-corrected chi connectivity index (χ1v) is 4.57. The van der Waals surface area contributed by atoms with Gasteiger partial charge in [0.05, 0.1) is 5.69 Å². The van der Waals surface area contributed by atoms with Gasteiger partial charge in [0, 0.05) is 18.7 Å². The fourth-order valence-corrected chi connectivity index (χ4v) is 1.44. The van der Waals surface area contributed by atoms with Crippen LogP contribution in [0, 0.1) is 0 Å². The zero-order valence-corrected chi connectivity index (χ0v) is 9.24. The van der Waals surface area contributed by atoms with Gasteiger partial charge < -0.3 is 5.73 Å². The summed E-state index contributed by atoms with van der Waals surface area (Å²) in [5.74, 6) is -0.610. The predicted molar refractivity (Wildman–Crippen MR) is 63.2 cm³/mol. The van der Waals surface area contributed by atoms with Gasteiger partial charge in [0.15, 0.2) is 0 Å². The van der Waals surface area contributed by atoms with Crippen molar-refractivity contribution >= 4 is 29.9 Å². The van der Waals surface area contributed by atoms with Crippen LogP contribution in [-0.2, 0) is 16.1 Å². The molecule has 0 aliphatic carbocycles. The Labute approximate surface area is 99.1 Å². The van der Waals surface area contributed by atoms with E-state index in [0.717, 1.165) is 10.5 Å². The van der Waals surface area contributed by atoms with Crippen LogP contribution in [0.2, 0.25) is 0 Å². The van der Waals surface area contributed by atoms with Crippen molar-refractivity contribution < 1.29 is 9.59 Å². The Morgan fingerprint density at radius 1 is 1.00 bits per heavy atom. The quantitative estimate of drug-likeness (QED) is 0.782. The smallest absolute Gasteiger partial charge is 0.258 e. The summed E-state index contributed by atoms with van der Waals surface area (Å²) >= 11 is 0. The van der Waals surface area contributed by atoms with Crippen LogP contribution >= 0.6 is 12.4 Å². The molecule has 0 spiro atoms. The summed E-state index contributed by atoms with van der Waals surface area (Å²) in [5.41, 5.74) is 6.99. The zero-order chi connectivity index (χ0) is 10.8. The zero-order valence-electron chi connectivity index (χ0n) is 8.42. The summed E-state index contributed by atoms with van der Waals surface area (Å²) in [6.45, 7) is 0.445. The second-order valence-corrected chi connectivity index (χ2v) is 3.22. The Morgan fingerprint density at radius 3 is 1.94 bits per heavy atom. The Kier molecular flexibility index (Phi) is 3.82. The SMILES string of the molecule is Cl.NCc1ccc(N2C(=O)C=CC2=O)cc1. The van der Waals surface area contributed by atoms with Gasteiger partial charge in [-0.2, -0.15) is 0 Å². The number of amides is 2. The molecule has 0 saturated heterocycles. The molecular weight excluding hydrogens is 228 g/mol. The number of carbonyl (C=O) groups is 2. The molecule has 1 aliphatic heterocycles. The van der Waals surface area contributed by atoms with Crippen molar-refractivity contribution in [3.63, 3.8) is 0 Å². The van der Waals surface area contributed by atoms with Gasteiger partial charge >= 0.3 is 0 Å². The topological polar surface area (TPSA) is 63.4 Å². The summed E-state index contributed by atoms with van der Waals surface area (Å²) in [5, 5.41) is 0. The highest BCUT2D eigenvalue weighted by Crippen LogP contribution is 2.19. The average molecular weight is 239 g/mol. The third kappa shape index (κ3) is 2.13. The van der Waals surface area contributed by atoms with Crippen molar-refractivity contribution in [3.05, 3.63) is 42.0 Å². The standard InChI is InChI=1S/C11H10N2O2.ClH/c12-7-8-1-3-9(4-2-8)13-10(14)5-6-11(13)15;/h1-6H,7,12H2;1H. The van der Waals surface area contributed by atoms with Crippen LogP contribution in [0.4, 0.5) is 5.69 Å². The molecule has 0 bridgehead atoms. The second-order valence-electron chi connectivity index (χ2n) is 3.22. The van der Waals surface area contributed by atoms with E-state index in [-0.39, 0.29) is 24.2 Å². The Balaban J connectivity index is 0.00000128. The van der Waals surface area contributed by atoms with E-state index in [1.54, 1.807) is 24.3 Å². The molecule has 1 aromatic carbocycles. The molecule has 0 saturated carbocycles. The van der Waals surface area contributed by atoms with Crippen molar-refractivity contribution in [2.75, 3.05) is 4.90 Å². The minimum absolute atomic E-state index is 0. The predicted octanol–water partition coefficient (Wildman–Crippen LogP) is 0.997. The minimum Gasteiger partial charge on any atom is -0.326 e. The van der Waals surface area contributed by atoms with E-state index >= 15 is 0 Å². The minimum atomic E-state index is -0.305. The molecule has 1 aromatic rings. The van der Waals surface area contributed by atoms with Crippen LogP contribution in [-0.4, -0.2) is 11.8 Å². The van der Waals surface area contributed by atoms with Crippen molar-refractivity contribution in [2.45, 2.75) is 6.54 Å². The van der Waals surface area contributed by atoms with Gasteiger partial charge in [0.2, 0.25) is 0 Å². The molecule has 1 heterocycles. The molecule has 2 rings (SSSR count). The van der Waals surface area contributed by atoms with Gasteiger partial charge in [0.25, 0.3) is 11.8 Å². The summed E-state index contributed by atoms with van der Waals surface area (Å²) < 4.78 is 0. The maximum absolute atomic E-state index is 11.3. The molecule has 2 N–H and O–H groups in total. The Bertz CT molecular complexity index is 422. The first-order chi connectivity index (χ1) is 7.22. The Hall–Kier alpha value is -1.65. The van der Waals surface area contributed by atoms with Crippen LogP contribution in [0.25, 0.3) is 0 Å². The van der Waals surface area contributed by atoms with Crippen LogP contribution < -0.4 is 10.6 Å². The highest BCUT2D eigenvalue weighted by molar-refractivity contribution is 6.28. The number of hydrogen-bond acceptors (Lipinski definition) is 3. The lowest BCUT2D eigenvalue weighted by atomic mass is 10.2. The molecule has 4 nitrogen and oxygen atoms in total. The highest BCUT2D eigenvalue weighted by Gasteiger charge is 2.24. The number of hydrogen-bond donors (Lipinski definition) is 1. The van der Waals surface area contributed by atoms with Crippen molar-refractivity contribution in [3.8, 4) is 0 Å². The van der Waals surface area contributed by atoms with E-state index in [2.05, 4.69) is 0 Å². The van der Waals surface area contributed by atoms with Crippen LogP contribution in [0.1, 0.15) is 5.56 Å². The third-order valence-electron chi connectivity index (χ3n) is 2.24. The van der Waals surface area contributed by atoms with Crippen molar-refractivity contribution in [2.24, 2.45) is 5.73 Å². The van der Waals surface area contributed by atoms with Gasteiger partial charge in [-0.25, -0.2) is 4.90 Å². The van der Waals surface area contributed by atoms with Crippen LogP contribution in [0.5, 0.6) is 0 Å². The van der Waals surface area contributed by atoms with Gasteiger partial charge in [-0.15, -0.1) is 12.4 Å². The summed E-state index contributed by atoms with van der Waals surface area (Å²) in [4.78, 5) is 23.8. The molecule has 84 valence electrons. The van der Waals surface area contributed by atoms with Crippen LogP contribution in [0.3, 0.4) is 0 Å². The maximum atomic E-state index is 11.3. The van der Waals surface area contributed by atoms with Gasteiger partial charge in [-0.1, -0.05) is 12.1 Å². The van der Waals surface area contributed by atoms with Crippen molar-refractivity contribution in [1.29, 1.82) is 0 Å². The van der Waals surface area contributed by atoms with E-state index in [9.17, 15) is 9.59 Å². The maximum Gasteiger partial charge on any atom is 0.258 e. The Morgan fingerprint density at radius 2 is 1.50 bits per heavy atom. The average Bonchev–Trinajstić information content (AvgIpc) is 2.59.